The van der Waals surface area contributed by atoms with Gasteiger partial charge in [-0.15, -0.1) is 0 Å². The van der Waals surface area contributed by atoms with Crippen molar-refractivity contribution in [1.29, 1.82) is 0 Å². The second-order valence-electron chi connectivity index (χ2n) is 5.53. The molecule has 2 aromatic carbocycles. The van der Waals surface area contributed by atoms with Crippen LogP contribution in [0.2, 0.25) is 0 Å². The third-order valence-electron chi connectivity index (χ3n) is 3.70. The van der Waals surface area contributed by atoms with Crippen molar-refractivity contribution in [1.82, 2.24) is 9.97 Å². The summed E-state index contributed by atoms with van der Waals surface area (Å²) in [4.78, 5) is 8.32. The Balaban J connectivity index is 1.76. The maximum atomic E-state index is 6.16. The first-order valence-electron chi connectivity index (χ1n) is 7.88. The molecule has 6 nitrogen and oxygen atoms in total. The summed E-state index contributed by atoms with van der Waals surface area (Å²) >= 11 is 0. The van der Waals surface area contributed by atoms with Crippen LogP contribution in [0.3, 0.4) is 0 Å². The summed E-state index contributed by atoms with van der Waals surface area (Å²) in [6.45, 7) is 2.66. The van der Waals surface area contributed by atoms with Crippen molar-refractivity contribution >= 4 is 11.5 Å². The fourth-order valence-corrected chi connectivity index (χ4v) is 2.30. The highest BCUT2D eigenvalue weighted by atomic mass is 16.5. The second kappa shape index (κ2) is 7.53. The molecule has 1 heterocycles. The minimum atomic E-state index is 0.283. The molecule has 3 rings (SSSR count). The summed E-state index contributed by atoms with van der Waals surface area (Å²) in [5.74, 6) is 1.96. The van der Waals surface area contributed by atoms with Gasteiger partial charge in [-0.05, 0) is 24.6 Å². The number of nitrogen functional groups attached to an aromatic ring is 1. The number of rotatable bonds is 6. The molecule has 0 unspecified atom stereocenters. The molecule has 0 radical (unpaired) electrons. The Labute approximate surface area is 146 Å². The Bertz CT molecular complexity index is 850. The van der Waals surface area contributed by atoms with Gasteiger partial charge in [0.05, 0.1) is 7.11 Å². The van der Waals surface area contributed by atoms with Crippen molar-refractivity contribution in [3.05, 3.63) is 66.0 Å². The molecule has 128 valence electrons. The molecule has 0 saturated carbocycles. The Morgan fingerprint density at radius 2 is 1.72 bits per heavy atom. The van der Waals surface area contributed by atoms with E-state index in [1.54, 1.807) is 13.2 Å². The molecule has 25 heavy (non-hydrogen) atoms. The number of nitrogens with two attached hydrogens (primary N) is 1. The number of benzene rings is 2. The largest absolute Gasteiger partial charge is 0.493 e. The SMILES string of the molecule is COc1ccccc1Oc1ncnc(NCc2ccc(C)cc2)c1N. The van der Waals surface area contributed by atoms with E-state index < -0.39 is 0 Å². The van der Waals surface area contributed by atoms with Crippen LogP contribution in [-0.2, 0) is 6.54 Å². The number of anilines is 2. The van der Waals surface area contributed by atoms with Crippen LogP contribution < -0.4 is 20.5 Å². The zero-order valence-corrected chi connectivity index (χ0v) is 14.2. The molecule has 0 aliphatic rings. The average molecular weight is 336 g/mol. The Kier molecular flexibility index (Phi) is 4.99. The molecule has 6 heteroatoms. The summed E-state index contributed by atoms with van der Waals surface area (Å²) < 4.78 is 11.1. The van der Waals surface area contributed by atoms with E-state index in [2.05, 4.69) is 46.5 Å². The second-order valence-corrected chi connectivity index (χ2v) is 5.53. The number of ether oxygens (including phenoxy) is 2. The highest BCUT2D eigenvalue weighted by Gasteiger charge is 2.12. The highest BCUT2D eigenvalue weighted by Crippen LogP contribution is 2.34. The quantitative estimate of drug-likeness (QED) is 0.713. The van der Waals surface area contributed by atoms with E-state index in [0.717, 1.165) is 5.56 Å². The smallest absolute Gasteiger partial charge is 0.248 e. The fourth-order valence-electron chi connectivity index (χ4n) is 2.30. The molecule has 3 aromatic rings. The molecule has 0 fully saturated rings. The number of aryl methyl sites for hydroxylation is 1. The van der Waals surface area contributed by atoms with Crippen LogP contribution in [0.4, 0.5) is 11.5 Å². The normalized spacial score (nSPS) is 10.3. The van der Waals surface area contributed by atoms with Gasteiger partial charge in [-0.25, -0.2) is 4.98 Å². The number of hydrogen-bond donors (Lipinski definition) is 2. The van der Waals surface area contributed by atoms with E-state index in [4.69, 9.17) is 15.2 Å². The summed E-state index contributed by atoms with van der Waals surface area (Å²) in [7, 11) is 1.58. The number of para-hydroxylation sites is 2. The van der Waals surface area contributed by atoms with Gasteiger partial charge in [-0.1, -0.05) is 42.0 Å². The topological polar surface area (TPSA) is 82.3 Å². The van der Waals surface area contributed by atoms with Crippen molar-refractivity contribution in [3.63, 3.8) is 0 Å². The van der Waals surface area contributed by atoms with Crippen LogP contribution in [0.15, 0.2) is 54.9 Å². The third kappa shape index (κ3) is 3.98. The van der Waals surface area contributed by atoms with Crippen LogP contribution in [0.25, 0.3) is 0 Å². The van der Waals surface area contributed by atoms with E-state index in [-0.39, 0.29) is 5.88 Å². The minimum absolute atomic E-state index is 0.283. The standard InChI is InChI=1S/C19H20N4O2/c1-13-7-9-14(10-8-13)11-21-18-17(20)19(23-12-22-18)25-16-6-4-3-5-15(16)24-2/h3-10,12H,11,20H2,1-2H3,(H,21,22,23). The lowest BCUT2D eigenvalue weighted by molar-refractivity contribution is 0.374. The zero-order chi connectivity index (χ0) is 17.6. The first-order chi connectivity index (χ1) is 12.2. The van der Waals surface area contributed by atoms with Crippen molar-refractivity contribution in [2.75, 3.05) is 18.2 Å². The van der Waals surface area contributed by atoms with Gasteiger partial charge in [-0.2, -0.15) is 4.98 Å². The van der Waals surface area contributed by atoms with Gasteiger partial charge in [-0.3, -0.25) is 0 Å². The Morgan fingerprint density at radius 1 is 1.00 bits per heavy atom. The van der Waals surface area contributed by atoms with Gasteiger partial charge in [0, 0.05) is 6.54 Å². The molecule has 0 spiro atoms. The summed E-state index contributed by atoms with van der Waals surface area (Å²) in [5, 5.41) is 3.22. The predicted molar refractivity (Wildman–Crippen MR) is 98.0 cm³/mol. The summed E-state index contributed by atoms with van der Waals surface area (Å²) in [6.07, 6.45) is 1.42. The maximum absolute atomic E-state index is 6.16. The molecular formula is C19H20N4O2. The highest BCUT2D eigenvalue weighted by molar-refractivity contribution is 5.67. The number of aromatic nitrogens is 2. The van der Waals surface area contributed by atoms with Crippen molar-refractivity contribution < 1.29 is 9.47 Å². The zero-order valence-electron chi connectivity index (χ0n) is 14.2. The number of hydrogen-bond acceptors (Lipinski definition) is 6. The molecule has 0 aliphatic heterocycles. The number of methoxy groups -OCH3 is 1. The Hall–Kier alpha value is -3.28. The van der Waals surface area contributed by atoms with E-state index in [0.29, 0.717) is 29.5 Å². The van der Waals surface area contributed by atoms with Gasteiger partial charge in [0.15, 0.2) is 17.3 Å². The Morgan fingerprint density at radius 3 is 2.44 bits per heavy atom. The number of nitrogens with one attached hydrogen (secondary N) is 1. The van der Waals surface area contributed by atoms with Crippen LogP contribution in [0, 0.1) is 6.92 Å². The average Bonchev–Trinajstić information content (AvgIpc) is 2.64. The maximum Gasteiger partial charge on any atom is 0.248 e. The van der Waals surface area contributed by atoms with Crippen molar-refractivity contribution in [3.8, 4) is 17.4 Å². The first kappa shape index (κ1) is 16.6. The van der Waals surface area contributed by atoms with Crippen molar-refractivity contribution in [2.45, 2.75) is 13.5 Å². The molecule has 0 saturated heterocycles. The van der Waals surface area contributed by atoms with E-state index in [1.165, 1.54) is 11.9 Å². The molecule has 3 N–H and O–H groups in total. The molecule has 0 bridgehead atoms. The van der Waals surface area contributed by atoms with E-state index in [1.807, 2.05) is 18.2 Å². The summed E-state index contributed by atoms with van der Waals surface area (Å²) in [6, 6.07) is 15.6. The van der Waals surface area contributed by atoms with Gasteiger partial charge in [0.1, 0.15) is 12.0 Å². The third-order valence-corrected chi connectivity index (χ3v) is 3.70. The molecule has 0 aliphatic carbocycles. The molecule has 0 atom stereocenters. The van der Waals surface area contributed by atoms with E-state index in [9.17, 15) is 0 Å². The van der Waals surface area contributed by atoms with Crippen LogP contribution in [0.1, 0.15) is 11.1 Å². The minimum Gasteiger partial charge on any atom is -0.493 e. The molecule has 0 amide bonds. The lowest BCUT2D eigenvalue weighted by Crippen LogP contribution is -2.07. The lowest BCUT2D eigenvalue weighted by atomic mass is 10.1. The van der Waals surface area contributed by atoms with Gasteiger partial charge in [0.2, 0.25) is 5.88 Å². The molecule has 1 aromatic heterocycles. The lowest BCUT2D eigenvalue weighted by Gasteiger charge is -2.13. The monoisotopic (exact) mass is 336 g/mol. The van der Waals surface area contributed by atoms with Gasteiger partial charge < -0.3 is 20.5 Å². The van der Waals surface area contributed by atoms with Crippen LogP contribution in [0.5, 0.6) is 17.4 Å². The number of nitrogens with zero attached hydrogens (tertiary/aromatic N) is 2. The summed E-state index contributed by atoms with van der Waals surface area (Å²) in [5.41, 5.74) is 8.86. The first-order valence-corrected chi connectivity index (χ1v) is 7.88. The molecular weight excluding hydrogens is 316 g/mol. The predicted octanol–water partition coefficient (Wildman–Crippen LogP) is 3.78. The van der Waals surface area contributed by atoms with E-state index >= 15 is 0 Å². The van der Waals surface area contributed by atoms with Gasteiger partial charge >= 0.3 is 0 Å². The van der Waals surface area contributed by atoms with Crippen LogP contribution in [-0.4, -0.2) is 17.1 Å². The fraction of sp³-hybridized carbons (Fsp3) is 0.158. The van der Waals surface area contributed by atoms with Crippen LogP contribution >= 0.6 is 0 Å². The van der Waals surface area contributed by atoms with Crippen molar-refractivity contribution in [2.24, 2.45) is 0 Å². The van der Waals surface area contributed by atoms with Gasteiger partial charge in [0.25, 0.3) is 0 Å².